The number of aliphatic hydroxyl groups is 1. The van der Waals surface area contributed by atoms with Gasteiger partial charge in [-0.1, -0.05) is 30.3 Å². The molecule has 50 heavy (non-hydrogen) atoms. The van der Waals surface area contributed by atoms with Crippen molar-refractivity contribution in [2.45, 2.75) is 50.6 Å². The SMILES string of the molecule is COCC1=C2[C@@H](CC/C(=C/c3ccc(CO)o3)c3ccccc3)OB(O)C[C@@H]2[C@@H]2C(=O)N(c3cc(C(F)(F)F)cc(C(F)(F)F)c3)C(=O)[C@@H]2C1. The minimum absolute atomic E-state index is 0.0198. The van der Waals surface area contributed by atoms with Crippen LogP contribution in [0.25, 0.3) is 11.6 Å². The molecule has 0 radical (unpaired) electrons. The third kappa shape index (κ3) is 7.04. The van der Waals surface area contributed by atoms with E-state index in [9.17, 15) is 46.1 Å². The van der Waals surface area contributed by atoms with E-state index in [0.29, 0.717) is 46.1 Å². The Bertz CT molecular complexity index is 1790. The Balaban J connectivity index is 1.35. The maximum absolute atomic E-state index is 14.0. The van der Waals surface area contributed by atoms with Crippen molar-refractivity contribution >= 4 is 36.3 Å². The molecule has 3 aromatic rings. The zero-order valence-corrected chi connectivity index (χ0v) is 26.6. The number of anilines is 1. The molecule has 0 saturated carbocycles. The molecule has 0 unspecified atom stereocenters. The summed E-state index contributed by atoms with van der Waals surface area (Å²) >= 11 is 0. The van der Waals surface area contributed by atoms with Gasteiger partial charge in [0.25, 0.3) is 0 Å². The smallest absolute Gasteiger partial charge is 0.455 e. The Kier molecular flexibility index (Phi) is 9.88. The highest BCUT2D eigenvalue weighted by Crippen LogP contribution is 2.52. The molecule has 2 amide bonds. The molecule has 2 fully saturated rings. The number of fused-ring (bicyclic) bond motifs is 3. The zero-order valence-electron chi connectivity index (χ0n) is 26.6. The van der Waals surface area contributed by atoms with Crippen molar-refractivity contribution < 1.29 is 59.9 Å². The number of benzene rings is 2. The summed E-state index contributed by atoms with van der Waals surface area (Å²) in [7, 11) is 0.0532. The Morgan fingerprint density at radius 1 is 0.980 bits per heavy atom. The number of allylic oxidation sites excluding steroid dienone is 1. The predicted molar refractivity (Wildman–Crippen MR) is 169 cm³/mol. The fourth-order valence-corrected chi connectivity index (χ4v) is 7.36. The zero-order chi connectivity index (χ0) is 36.0. The minimum atomic E-state index is -5.18. The molecule has 1 aliphatic carbocycles. The fraction of sp³-hybridized carbons (Fsp3) is 0.371. The molecule has 0 bridgehead atoms. The Labute approximate surface area is 283 Å². The van der Waals surface area contributed by atoms with Gasteiger partial charge in [-0.25, -0.2) is 4.90 Å². The molecular weight excluding hydrogens is 671 g/mol. The number of furan rings is 1. The van der Waals surface area contributed by atoms with Gasteiger partial charge in [-0.15, -0.1) is 0 Å². The van der Waals surface area contributed by atoms with Gasteiger partial charge in [0.05, 0.1) is 41.4 Å². The highest BCUT2D eigenvalue weighted by atomic mass is 19.4. The second kappa shape index (κ2) is 13.9. The van der Waals surface area contributed by atoms with E-state index >= 15 is 0 Å². The standard InChI is InChI=1S/C35H32BF6NO7/c1-48-18-21-12-27-31(33(46)43(32(27)45)24-14-22(34(37,38)39)13-23(15-24)35(40,41)42)28-16-36(47)50-29(30(21)28)10-7-20(19-5-3-2-4-6-19)11-25-8-9-26(17-44)49-25/h2-6,8-9,11,13-15,27-29,31,44,47H,7,10,12,16-18H2,1H3/b20-11-/t27-,28+,29-,31-/m1/s1. The van der Waals surface area contributed by atoms with Gasteiger partial charge in [0.15, 0.2) is 0 Å². The molecule has 8 nitrogen and oxygen atoms in total. The number of rotatable bonds is 9. The van der Waals surface area contributed by atoms with Crippen LogP contribution in [0.5, 0.6) is 0 Å². The third-order valence-electron chi connectivity index (χ3n) is 9.43. The molecule has 15 heteroatoms. The molecule has 3 heterocycles. The van der Waals surface area contributed by atoms with Crippen LogP contribution in [0.2, 0.25) is 6.32 Å². The number of alkyl halides is 6. The highest BCUT2D eigenvalue weighted by Gasteiger charge is 2.58. The number of aliphatic hydroxyl groups excluding tert-OH is 1. The monoisotopic (exact) mass is 703 g/mol. The number of amides is 2. The average Bonchev–Trinajstić information content (AvgIpc) is 3.63. The average molecular weight is 703 g/mol. The molecule has 2 aromatic carbocycles. The van der Waals surface area contributed by atoms with E-state index in [-0.39, 0.29) is 38.4 Å². The lowest BCUT2D eigenvalue weighted by Crippen LogP contribution is -2.46. The maximum Gasteiger partial charge on any atom is 0.455 e. The lowest BCUT2D eigenvalue weighted by atomic mass is 9.58. The number of halogens is 6. The van der Waals surface area contributed by atoms with Crippen LogP contribution in [0.15, 0.2) is 76.2 Å². The molecule has 1 aromatic heterocycles. The summed E-state index contributed by atoms with van der Waals surface area (Å²) in [5.74, 6) is -4.06. The number of nitrogens with zero attached hydrogens (tertiary/aromatic N) is 1. The first-order chi connectivity index (χ1) is 23.7. The number of hydrogen-bond donors (Lipinski definition) is 2. The van der Waals surface area contributed by atoms with Crippen molar-refractivity contribution in [1.82, 2.24) is 0 Å². The summed E-state index contributed by atoms with van der Waals surface area (Å²) in [5, 5.41) is 20.3. The molecule has 6 rings (SSSR count). The second-order valence-electron chi connectivity index (χ2n) is 12.6. The topological polar surface area (TPSA) is 109 Å². The predicted octanol–water partition coefficient (Wildman–Crippen LogP) is 6.78. The molecular formula is C35H32BF6NO7. The second-order valence-corrected chi connectivity index (χ2v) is 12.6. The fourth-order valence-electron chi connectivity index (χ4n) is 7.36. The van der Waals surface area contributed by atoms with Crippen molar-refractivity contribution in [2.75, 3.05) is 18.6 Å². The van der Waals surface area contributed by atoms with E-state index in [1.165, 1.54) is 7.11 Å². The summed E-state index contributed by atoms with van der Waals surface area (Å²) in [6, 6.07) is 13.4. The summed E-state index contributed by atoms with van der Waals surface area (Å²) in [5.41, 5.74) is -1.20. The van der Waals surface area contributed by atoms with Gasteiger partial charge < -0.3 is 23.9 Å². The number of methoxy groups -OCH3 is 1. The van der Waals surface area contributed by atoms with Gasteiger partial charge in [0.1, 0.15) is 18.1 Å². The summed E-state index contributed by atoms with van der Waals surface area (Å²) in [6.07, 6.45) is -8.81. The van der Waals surface area contributed by atoms with E-state index in [0.717, 1.165) is 11.1 Å². The minimum Gasteiger partial charge on any atom is -0.459 e. The molecule has 4 atom stereocenters. The number of ether oxygens (including phenoxy) is 1. The van der Waals surface area contributed by atoms with Gasteiger partial charge in [-0.3, -0.25) is 9.59 Å². The molecule has 3 aliphatic rings. The first kappa shape index (κ1) is 35.6. The van der Waals surface area contributed by atoms with Gasteiger partial charge in [0, 0.05) is 7.11 Å². The van der Waals surface area contributed by atoms with Crippen molar-refractivity contribution in [3.05, 3.63) is 100 Å². The Hall–Kier alpha value is -4.18. The Morgan fingerprint density at radius 3 is 2.26 bits per heavy atom. The van der Waals surface area contributed by atoms with E-state index in [1.54, 1.807) is 12.1 Å². The van der Waals surface area contributed by atoms with Gasteiger partial charge in [-0.2, -0.15) is 26.3 Å². The first-order valence-electron chi connectivity index (χ1n) is 15.9. The number of carbonyl (C=O) groups is 2. The lowest BCUT2D eigenvalue weighted by molar-refractivity contribution is -0.143. The maximum atomic E-state index is 14.0. The summed E-state index contributed by atoms with van der Waals surface area (Å²) < 4.78 is 99.3. The molecule has 2 N–H and O–H groups in total. The van der Waals surface area contributed by atoms with Crippen molar-refractivity contribution in [3.8, 4) is 0 Å². The van der Waals surface area contributed by atoms with Crippen molar-refractivity contribution in [1.29, 1.82) is 0 Å². The van der Waals surface area contributed by atoms with E-state index in [2.05, 4.69) is 0 Å². The lowest BCUT2D eigenvalue weighted by Gasteiger charge is -2.43. The van der Waals surface area contributed by atoms with Gasteiger partial charge in [-0.05, 0) is 90.2 Å². The third-order valence-corrected chi connectivity index (χ3v) is 9.43. The van der Waals surface area contributed by atoms with Gasteiger partial charge in [0.2, 0.25) is 11.8 Å². The van der Waals surface area contributed by atoms with Crippen LogP contribution in [0, 0.1) is 17.8 Å². The van der Waals surface area contributed by atoms with Crippen LogP contribution in [0.1, 0.15) is 47.5 Å². The van der Waals surface area contributed by atoms with Crippen LogP contribution in [0.4, 0.5) is 32.0 Å². The largest absolute Gasteiger partial charge is 0.459 e. The highest BCUT2D eigenvalue weighted by molar-refractivity contribution is 6.43. The van der Waals surface area contributed by atoms with E-state index in [4.69, 9.17) is 13.8 Å². The normalized spacial score (nSPS) is 23.1. The summed E-state index contributed by atoms with van der Waals surface area (Å²) in [6.45, 7) is -0.260. The molecule has 0 spiro atoms. The van der Waals surface area contributed by atoms with Crippen LogP contribution >= 0.6 is 0 Å². The van der Waals surface area contributed by atoms with Crippen LogP contribution in [0.3, 0.4) is 0 Å². The van der Waals surface area contributed by atoms with Crippen LogP contribution in [-0.4, -0.2) is 48.9 Å². The van der Waals surface area contributed by atoms with Crippen LogP contribution < -0.4 is 4.90 Å². The molecule has 2 saturated heterocycles. The summed E-state index contributed by atoms with van der Waals surface area (Å²) in [4.78, 5) is 28.2. The van der Waals surface area contributed by atoms with Crippen molar-refractivity contribution in [2.24, 2.45) is 17.8 Å². The first-order valence-corrected chi connectivity index (χ1v) is 15.9. The van der Waals surface area contributed by atoms with E-state index < -0.39 is 72.0 Å². The number of imide groups is 1. The molecule has 264 valence electrons. The van der Waals surface area contributed by atoms with Crippen molar-refractivity contribution in [3.63, 3.8) is 0 Å². The quantitative estimate of drug-likeness (QED) is 0.110. The number of hydrogen-bond acceptors (Lipinski definition) is 7. The number of carbonyl (C=O) groups excluding carboxylic acids is 2. The molecule has 2 aliphatic heterocycles. The van der Waals surface area contributed by atoms with Crippen LogP contribution in [-0.2, 0) is 37.9 Å². The van der Waals surface area contributed by atoms with E-state index in [1.807, 2.05) is 36.4 Å². The Morgan fingerprint density at radius 2 is 1.66 bits per heavy atom. The van der Waals surface area contributed by atoms with Gasteiger partial charge >= 0.3 is 19.5 Å².